The predicted octanol–water partition coefficient (Wildman–Crippen LogP) is 18.8. The highest BCUT2D eigenvalue weighted by atomic mass is 14.9. The lowest BCUT2D eigenvalue weighted by molar-refractivity contribution is 1.18. The van der Waals surface area contributed by atoms with E-state index in [1.807, 2.05) is 0 Å². The van der Waals surface area contributed by atoms with E-state index in [0.29, 0.717) is 5.82 Å². The summed E-state index contributed by atoms with van der Waals surface area (Å²) in [6.07, 6.45) is 0. The van der Waals surface area contributed by atoms with Crippen molar-refractivity contribution in [2.75, 3.05) is 0 Å². The quantitative estimate of drug-likeness (QED) is 0.129. The Hall–Kier alpha value is -9.50. The number of benzene rings is 11. The van der Waals surface area contributed by atoms with Crippen molar-refractivity contribution in [1.82, 2.24) is 9.97 Å². The molecule has 1 heterocycles. The van der Waals surface area contributed by atoms with Crippen LogP contribution in [0.25, 0.3) is 123 Å². The Morgan fingerprint density at radius 1 is 0.153 bits per heavy atom. The van der Waals surface area contributed by atoms with Crippen LogP contribution in [-0.2, 0) is 0 Å². The Morgan fingerprint density at radius 3 is 0.694 bits per heavy atom. The molecule has 0 fully saturated rings. The molecule has 72 heavy (non-hydrogen) atoms. The summed E-state index contributed by atoms with van der Waals surface area (Å²) in [5.41, 5.74) is 22.9. The fourth-order valence-corrected chi connectivity index (χ4v) is 10.2. The summed E-state index contributed by atoms with van der Waals surface area (Å²) in [6.45, 7) is 0. The summed E-state index contributed by atoms with van der Waals surface area (Å²) in [6, 6.07) is 104. The molecule has 0 aliphatic rings. The molecule has 0 saturated heterocycles. The average molecular weight is 917 g/mol. The van der Waals surface area contributed by atoms with Crippen molar-refractivity contribution in [1.29, 1.82) is 0 Å². The van der Waals surface area contributed by atoms with E-state index in [0.717, 1.165) is 100 Å². The van der Waals surface area contributed by atoms with Gasteiger partial charge in [0.25, 0.3) is 0 Å². The van der Waals surface area contributed by atoms with E-state index in [-0.39, 0.29) is 0 Å². The first-order chi connectivity index (χ1) is 35.7. The van der Waals surface area contributed by atoms with Crippen LogP contribution in [0.1, 0.15) is 0 Å². The van der Waals surface area contributed by atoms with Gasteiger partial charge in [0, 0.05) is 16.7 Å². The molecule has 0 N–H and O–H groups in total. The molecule has 0 saturated carbocycles. The molecule has 0 atom stereocenters. The zero-order chi connectivity index (χ0) is 48.1. The third-order valence-corrected chi connectivity index (χ3v) is 13.5. The fraction of sp³-hybridized carbons (Fsp3) is 0. The van der Waals surface area contributed by atoms with Gasteiger partial charge in [-0.3, -0.25) is 0 Å². The number of aromatic nitrogens is 2. The van der Waals surface area contributed by atoms with Crippen LogP contribution in [0.3, 0.4) is 0 Å². The average Bonchev–Trinajstić information content (AvgIpc) is 3.48. The van der Waals surface area contributed by atoms with Crippen LogP contribution in [0, 0.1) is 0 Å². The van der Waals surface area contributed by atoms with Crippen molar-refractivity contribution >= 4 is 0 Å². The summed E-state index contributed by atoms with van der Waals surface area (Å²) in [4.78, 5) is 11.0. The number of nitrogens with zero attached hydrogens (tertiary/aromatic N) is 2. The van der Waals surface area contributed by atoms with Crippen LogP contribution in [0.5, 0.6) is 0 Å². The van der Waals surface area contributed by atoms with Gasteiger partial charge >= 0.3 is 0 Å². The maximum Gasteiger partial charge on any atom is 0.160 e. The molecule has 0 spiro atoms. The molecule has 0 bridgehead atoms. The molecule has 338 valence electrons. The first-order valence-corrected chi connectivity index (χ1v) is 24.6. The Kier molecular flexibility index (Phi) is 12.1. The lowest BCUT2D eigenvalue weighted by Gasteiger charge is -2.29. The van der Waals surface area contributed by atoms with Crippen LogP contribution in [0.2, 0.25) is 0 Å². The Bertz CT molecular complexity index is 3600. The Labute approximate surface area is 421 Å². The minimum absolute atomic E-state index is 0.648. The van der Waals surface area contributed by atoms with Crippen molar-refractivity contribution in [3.63, 3.8) is 0 Å². The van der Waals surface area contributed by atoms with Gasteiger partial charge in [-0.25, -0.2) is 9.97 Å². The van der Waals surface area contributed by atoms with Crippen LogP contribution in [0.15, 0.2) is 291 Å². The molecule has 0 aliphatic carbocycles. The van der Waals surface area contributed by atoms with Gasteiger partial charge in [0.05, 0.1) is 11.4 Å². The second-order valence-electron chi connectivity index (χ2n) is 18.0. The first kappa shape index (κ1) is 43.8. The molecule has 0 amide bonds. The summed E-state index contributed by atoms with van der Waals surface area (Å²) < 4.78 is 0. The van der Waals surface area contributed by atoms with Gasteiger partial charge in [-0.1, -0.05) is 267 Å². The van der Waals surface area contributed by atoms with Gasteiger partial charge in [-0.05, 0) is 113 Å². The highest BCUT2D eigenvalue weighted by Crippen LogP contribution is 2.56. The first-order valence-electron chi connectivity index (χ1n) is 24.6. The van der Waals surface area contributed by atoms with E-state index in [4.69, 9.17) is 9.97 Å². The Morgan fingerprint density at radius 2 is 0.375 bits per heavy atom. The smallest absolute Gasteiger partial charge is 0.160 e. The zero-order valence-corrected chi connectivity index (χ0v) is 39.6. The third kappa shape index (κ3) is 8.75. The van der Waals surface area contributed by atoms with Crippen LogP contribution in [-0.4, -0.2) is 9.97 Å². The fourth-order valence-electron chi connectivity index (χ4n) is 10.2. The molecular formula is C70H48N2. The van der Waals surface area contributed by atoms with Crippen molar-refractivity contribution in [3.8, 4) is 123 Å². The van der Waals surface area contributed by atoms with E-state index >= 15 is 0 Å². The lowest BCUT2D eigenvalue weighted by Crippen LogP contribution is -2.02. The molecule has 11 aromatic carbocycles. The van der Waals surface area contributed by atoms with Gasteiger partial charge in [-0.2, -0.15) is 0 Å². The monoisotopic (exact) mass is 916 g/mol. The number of rotatable bonds is 11. The molecule has 12 rings (SSSR count). The molecule has 1 aromatic heterocycles. The Balaban J connectivity index is 1.16. The van der Waals surface area contributed by atoms with Crippen LogP contribution >= 0.6 is 0 Å². The predicted molar refractivity (Wildman–Crippen MR) is 302 cm³/mol. The molecule has 2 heteroatoms. The van der Waals surface area contributed by atoms with Crippen LogP contribution < -0.4 is 0 Å². The van der Waals surface area contributed by atoms with Crippen molar-refractivity contribution in [2.45, 2.75) is 0 Å². The van der Waals surface area contributed by atoms with Gasteiger partial charge in [0.2, 0.25) is 0 Å². The summed E-state index contributed by atoms with van der Waals surface area (Å²) >= 11 is 0. The molecule has 0 radical (unpaired) electrons. The molecule has 0 aliphatic heterocycles. The standard InChI is InChI=1S/C70H48N2/c1-8-25-49(26-9-1)56-39-22-41-58(45-56)62-48-63(59-42-23-40-57(46-59)50-27-10-2-11-28-50)72-70(71-62)61-44-24-43-60(47-61)69-67(54-35-18-6-19-36-54)65(52-31-14-4-15-32-52)64(51-29-12-3-13-30-51)66(53-33-16-5-17-34-53)68(69)55-37-20-7-21-38-55/h1-48H. The molecule has 2 nitrogen and oxygen atoms in total. The third-order valence-electron chi connectivity index (χ3n) is 13.5. The number of hydrogen-bond donors (Lipinski definition) is 0. The largest absolute Gasteiger partial charge is 0.228 e. The summed E-state index contributed by atoms with van der Waals surface area (Å²) in [5, 5.41) is 0. The zero-order valence-electron chi connectivity index (χ0n) is 39.6. The van der Waals surface area contributed by atoms with E-state index < -0.39 is 0 Å². The van der Waals surface area contributed by atoms with Gasteiger partial charge in [0.1, 0.15) is 0 Å². The molecule has 0 unspecified atom stereocenters. The van der Waals surface area contributed by atoms with E-state index in [1.54, 1.807) is 0 Å². The van der Waals surface area contributed by atoms with Crippen LogP contribution in [0.4, 0.5) is 0 Å². The molecule has 12 aromatic rings. The summed E-state index contributed by atoms with van der Waals surface area (Å²) in [5.74, 6) is 0.648. The van der Waals surface area contributed by atoms with Gasteiger partial charge in [0.15, 0.2) is 5.82 Å². The van der Waals surface area contributed by atoms with Gasteiger partial charge in [-0.15, -0.1) is 0 Å². The topological polar surface area (TPSA) is 25.8 Å². The summed E-state index contributed by atoms with van der Waals surface area (Å²) in [7, 11) is 0. The van der Waals surface area contributed by atoms with E-state index in [2.05, 4.69) is 291 Å². The number of hydrogen-bond acceptors (Lipinski definition) is 2. The SMILES string of the molecule is c1ccc(-c2cccc(-c3cc(-c4cccc(-c5ccccc5)c4)nc(-c4cccc(-c5c(-c6ccccc6)c(-c6ccccc6)c(-c6ccccc6)c(-c6ccccc6)c5-c5ccccc5)c4)n3)c2)cc1. The van der Waals surface area contributed by atoms with Crippen molar-refractivity contribution in [3.05, 3.63) is 291 Å². The lowest BCUT2D eigenvalue weighted by atomic mass is 9.74. The minimum Gasteiger partial charge on any atom is -0.228 e. The van der Waals surface area contributed by atoms with E-state index in [1.165, 1.54) is 16.7 Å². The minimum atomic E-state index is 0.648. The van der Waals surface area contributed by atoms with Crippen molar-refractivity contribution < 1.29 is 0 Å². The van der Waals surface area contributed by atoms with Crippen molar-refractivity contribution in [2.24, 2.45) is 0 Å². The van der Waals surface area contributed by atoms with Gasteiger partial charge < -0.3 is 0 Å². The highest BCUT2D eigenvalue weighted by Gasteiger charge is 2.29. The van der Waals surface area contributed by atoms with E-state index in [9.17, 15) is 0 Å². The second kappa shape index (κ2) is 19.8. The second-order valence-corrected chi connectivity index (χ2v) is 18.0. The maximum absolute atomic E-state index is 5.48. The highest BCUT2D eigenvalue weighted by molar-refractivity contribution is 6.15. The maximum atomic E-state index is 5.48. The molecular weight excluding hydrogens is 869 g/mol. The normalized spacial score (nSPS) is 11.1.